The first kappa shape index (κ1) is 13.8. The lowest BCUT2D eigenvalue weighted by Gasteiger charge is -2.29. The zero-order valence-corrected chi connectivity index (χ0v) is 11.9. The Morgan fingerprint density at radius 3 is 2.75 bits per heavy atom. The minimum Gasteiger partial charge on any atom is -0.374 e. The highest BCUT2D eigenvalue weighted by molar-refractivity contribution is 8.13. The average molecular weight is 244 g/mol. The largest absolute Gasteiger partial charge is 0.374 e. The summed E-state index contributed by atoms with van der Waals surface area (Å²) in [4.78, 5) is 4.60. The van der Waals surface area contributed by atoms with Crippen molar-refractivity contribution < 1.29 is 4.74 Å². The zero-order chi connectivity index (χ0) is 12.2. The second-order valence-corrected chi connectivity index (χ2v) is 6.04. The highest BCUT2D eigenvalue weighted by Gasteiger charge is 2.22. The van der Waals surface area contributed by atoms with Crippen molar-refractivity contribution in [1.29, 1.82) is 0 Å². The second kappa shape index (κ2) is 5.92. The molecule has 0 amide bonds. The summed E-state index contributed by atoms with van der Waals surface area (Å²) in [6, 6.07) is 0.523. The molecule has 0 spiro atoms. The van der Waals surface area contributed by atoms with Crippen LogP contribution in [0.1, 0.15) is 34.6 Å². The lowest BCUT2D eigenvalue weighted by Crippen LogP contribution is -2.42. The van der Waals surface area contributed by atoms with Gasteiger partial charge in [0.2, 0.25) is 0 Å². The molecule has 0 aromatic carbocycles. The van der Waals surface area contributed by atoms with E-state index >= 15 is 0 Å². The molecule has 2 atom stereocenters. The van der Waals surface area contributed by atoms with Gasteiger partial charge >= 0.3 is 0 Å². The Morgan fingerprint density at radius 2 is 2.19 bits per heavy atom. The van der Waals surface area contributed by atoms with E-state index < -0.39 is 0 Å². The Kier molecular flexibility index (Phi) is 5.12. The van der Waals surface area contributed by atoms with E-state index in [4.69, 9.17) is 4.74 Å². The van der Waals surface area contributed by atoms with Crippen LogP contribution in [0.15, 0.2) is 4.99 Å². The molecule has 1 aliphatic rings. The number of aliphatic imine (C=N–C) groups is 1. The first-order chi connectivity index (χ1) is 7.44. The van der Waals surface area contributed by atoms with E-state index in [0.717, 1.165) is 24.1 Å². The summed E-state index contributed by atoms with van der Waals surface area (Å²) < 4.78 is 5.62. The number of thioether (sulfide) groups is 1. The Labute approximate surface area is 103 Å². The topological polar surface area (TPSA) is 33.6 Å². The van der Waals surface area contributed by atoms with Crippen molar-refractivity contribution in [3.8, 4) is 0 Å². The van der Waals surface area contributed by atoms with E-state index in [9.17, 15) is 0 Å². The normalized spacial score (nSPS) is 29.2. The number of nitrogens with one attached hydrogen (secondary N) is 1. The maximum atomic E-state index is 5.62. The van der Waals surface area contributed by atoms with Crippen LogP contribution in [-0.2, 0) is 4.74 Å². The van der Waals surface area contributed by atoms with Crippen LogP contribution < -0.4 is 5.32 Å². The van der Waals surface area contributed by atoms with Gasteiger partial charge in [-0.15, -0.1) is 0 Å². The molecule has 0 aromatic heterocycles. The van der Waals surface area contributed by atoms with Crippen molar-refractivity contribution in [3.05, 3.63) is 0 Å². The quantitative estimate of drug-likeness (QED) is 0.825. The zero-order valence-electron chi connectivity index (χ0n) is 11.0. The third-order valence-electron chi connectivity index (χ3n) is 2.83. The number of hydrogen-bond donors (Lipinski definition) is 1. The predicted octanol–water partition coefficient (Wildman–Crippen LogP) is 2.52. The van der Waals surface area contributed by atoms with Gasteiger partial charge in [0.1, 0.15) is 0 Å². The fraction of sp³-hybridized carbons (Fsp3) is 0.917. The molecule has 0 aromatic rings. The fourth-order valence-corrected chi connectivity index (χ4v) is 2.66. The monoisotopic (exact) mass is 244 g/mol. The lowest BCUT2D eigenvalue weighted by molar-refractivity contribution is -0.00209. The van der Waals surface area contributed by atoms with Crippen LogP contribution in [0, 0.1) is 5.92 Å². The molecule has 0 aliphatic carbocycles. The van der Waals surface area contributed by atoms with Gasteiger partial charge in [0.25, 0.3) is 0 Å². The van der Waals surface area contributed by atoms with Crippen LogP contribution in [0.2, 0.25) is 0 Å². The number of amidine groups is 1. The summed E-state index contributed by atoms with van der Waals surface area (Å²) in [6.45, 7) is 12.1. The molecular formula is C12H24N2OS. The van der Waals surface area contributed by atoms with Crippen molar-refractivity contribution in [2.24, 2.45) is 10.9 Å². The van der Waals surface area contributed by atoms with Gasteiger partial charge in [-0.1, -0.05) is 18.7 Å². The van der Waals surface area contributed by atoms with Gasteiger partial charge in [-0.2, -0.15) is 0 Å². The predicted molar refractivity (Wildman–Crippen MR) is 72.2 cm³/mol. The third kappa shape index (κ3) is 4.34. The first-order valence-corrected chi connectivity index (χ1v) is 7.01. The SMILES string of the molecule is CCOC(C)(C)CN=C1NC(C)C(C)CS1. The molecule has 4 heteroatoms. The first-order valence-electron chi connectivity index (χ1n) is 6.02. The molecular weight excluding hydrogens is 220 g/mol. The van der Waals surface area contributed by atoms with E-state index in [-0.39, 0.29) is 5.60 Å². The van der Waals surface area contributed by atoms with Crippen LogP contribution in [0.4, 0.5) is 0 Å². The maximum Gasteiger partial charge on any atom is 0.156 e. The molecule has 0 bridgehead atoms. The van der Waals surface area contributed by atoms with Crippen molar-refractivity contribution in [2.45, 2.75) is 46.3 Å². The van der Waals surface area contributed by atoms with E-state index in [1.165, 1.54) is 0 Å². The number of hydrogen-bond acceptors (Lipinski definition) is 3. The fourth-order valence-electron chi connectivity index (χ4n) is 1.52. The molecule has 16 heavy (non-hydrogen) atoms. The standard InChI is InChI=1S/C12H24N2OS/c1-6-15-12(4,5)8-13-11-14-10(3)9(2)7-16-11/h9-10H,6-8H2,1-5H3,(H,13,14). The van der Waals surface area contributed by atoms with E-state index in [1.807, 2.05) is 18.7 Å². The van der Waals surface area contributed by atoms with Crippen LogP contribution in [0.5, 0.6) is 0 Å². The van der Waals surface area contributed by atoms with Crippen molar-refractivity contribution in [3.63, 3.8) is 0 Å². The van der Waals surface area contributed by atoms with E-state index in [0.29, 0.717) is 12.0 Å². The highest BCUT2D eigenvalue weighted by atomic mass is 32.2. The van der Waals surface area contributed by atoms with Gasteiger partial charge in [-0.05, 0) is 33.6 Å². The Balaban J connectivity index is 2.46. The lowest BCUT2D eigenvalue weighted by atomic mass is 10.1. The molecule has 3 nitrogen and oxygen atoms in total. The smallest absolute Gasteiger partial charge is 0.156 e. The van der Waals surface area contributed by atoms with Gasteiger partial charge in [0.15, 0.2) is 5.17 Å². The summed E-state index contributed by atoms with van der Waals surface area (Å²) in [5.41, 5.74) is -0.156. The molecule has 1 N–H and O–H groups in total. The number of nitrogens with zero attached hydrogens (tertiary/aromatic N) is 1. The molecule has 1 saturated heterocycles. The minimum atomic E-state index is -0.156. The molecule has 0 radical (unpaired) electrons. The van der Waals surface area contributed by atoms with Gasteiger partial charge < -0.3 is 10.1 Å². The Hall–Kier alpha value is -0.220. The molecule has 1 aliphatic heterocycles. The van der Waals surface area contributed by atoms with Crippen LogP contribution in [0.25, 0.3) is 0 Å². The average Bonchev–Trinajstić information content (AvgIpc) is 2.20. The highest BCUT2D eigenvalue weighted by Crippen LogP contribution is 2.20. The number of rotatable bonds is 4. The molecule has 1 rings (SSSR count). The summed E-state index contributed by atoms with van der Waals surface area (Å²) >= 11 is 1.82. The molecule has 1 fully saturated rings. The van der Waals surface area contributed by atoms with Crippen molar-refractivity contribution >= 4 is 16.9 Å². The number of ether oxygens (including phenoxy) is 1. The molecule has 94 valence electrons. The summed E-state index contributed by atoms with van der Waals surface area (Å²) in [5, 5.41) is 4.51. The molecule has 1 heterocycles. The Morgan fingerprint density at radius 1 is 1.50 bits per heavy atom. The molecule has 2 unspecified atom stereocenters. The van der Waals surface area contributed by atoms with E-state index in [1.54, 1.807) is 0 Å². The van der Waals surface area contributed by atoms with Crippen molar-refractivity contribution in [2.75, 3.05) is 18.9 Å². The van der Waals surface area contributed by atoms with Gasteiger partial charge in [0, 0.05) is 18.4 Å². The second-order valence-electron chi connectivity index (χ2n) is 5.04. The van der Waals surface area contributed by atoms with Crippen LogP contribution in [0.3, 0.4) is 0 Å². The van der Waals surface area contributed by atoms with Gasteiger partial charge in [-0.3, -0.25) is 4.99 Å². The third-order valence-corrected chi connectivity index (χ3v) is 4.04. The summed E-state index contributed by atoms with van der Waals surface area (Å²) in [5.74, 6) is 1.87. The maximum absolute atomic E-state index is 5.62. The minimum absolute atomic E-state index is 0.156. The van der Waals surface area contributed by atoms with Gasteiger partial charge in [0.05, 0.1) is 12.1 Å². The van der Waals surface area contributed by atoms with Gasteiger partial charge in [-0.25, -0.2) is 0 Å². The summed E-state index contributed by atoms with van der Waals surface area (Å²) in [7, 11) is 0. The molecule has 0 saturated carbocycles. The summed E-state index contributed by atoms with van der Waals surface area (Å²) in [6.07, 6.45) is 0. The van der Waals surface area contributed by atoms with E-state index in [2.05, 4.69) is 38.0 Å². The van der Waals surface area contributed by atoms with Crippen LogP contribution in [-0.4, -0.2) is 35.7 Å². The van der Waals surface area contributed by atoms with Crippen molar-refractivity contribution in [1.82, 2.24) is 5.32 Å². The Bertz CT molecular complexity index is 253. The van der Waals surface area contributed by atoms with Crippen LogP contribution >= 0.6 is 11.8 Å².